The molecule has 0 aliphatic heterocycles. The largest absolute Gasteiger partial charge is 0.483 e. The maximum Gasteiger partial charge on any atom is 0.264 e. The lowest BCUT2D eigenvalue weighted by molar-refractivity contribution is -0.118. The van der Waals surface area contributed by atoms with E-state index in [1.54, 1.807) is 6.20 Å². The van der Waals surface area contributed by atoms with E-state index >= 15 is 0 Å². The Kier molecular flexibility index (Phi) is 4.16. The topological polar surface area (TPSA) is 51.2 Å². The van der Waals surface area contributed by atoms with Gasteiger partial charge in [0.05, 0.1) is 0 Å². The molecular formula is C14H16N2O2S. The van der Waals surface area contributed by atoms with Crippen LogP contribution in [-0.2, 0) is 4.79 Å². The first kappa shape index (κ1) is 13.5. The summed E-state index contributed by atoms with van der Waals surface area (Å²) in [4.78, 5) is 16.9. The molecule has 0 saturated heterocycles. The molecule has 19 heavy (non-hydrogen) atoms. The number of amides is 1. The van der Waals surface area contributed by atoms with Crippen LogP contribution >= 0.6 is 11.3 Å². The predicted octanol–water partition coefficient (Wildman–Crippen LogP) is 3.09. The van der Waals surface area contributed by atoms with Gasteiger partial charge in [0.25, 0.3) is 5.91 Å². The van der Waals surface area contributed by atoms with Gasteiger partial charge in [-0.2, -0.15) is 0 Å². The molecule has 0 unspecified atom stereocenters. The molecule has 0 aliphatic rings. The van der Waals surface area contributed by atoms with Crippen LogP contribution in [0.1, 0.15) is 16.0 Å². The lowest BCUT2D eigenvalue weighted by atomic mass is 10.1. The van der Waals surface area contributed by atoms with E-state index in [1.807, 2.05) is 39.0 Å². The fourth-order valence-corrected chi connectivity index (χ4v) is 2.25. The Morgan fingerprint density at radius 2 is 2.16 bits per heavy atom. The maximum atomic E-state index is 11.7. The van der Waals surface area contributed by atoms with E-state index in [-0.39, 0.29) is 12.5 Å². The summed E-state index contributed by atoms with van der Waals surface area (Å²) in [7, 11) is 0. The van der Waals surface area contributed by atoms with E-state index in [0.29, 0.717) is 5.13 Å². The first-order chi connectivity index (χ1) is 9.04. The number of thiazole rings is 1. The van der Waals surface area contributed by atoms with Gasteiger partial charge in [-0.3, -0.25) is 10.1 Å². The van der Waals surface area contributed by atoms with Crippen LogP contribution in [-0.4, -0.2) is 17.5 Å². The monoisotopic (exact) mass is 276 g/mol. The molecule has 5 heteroatoms. The molecular weight excluding hydrogens is 260 g/mol. The molecule has 4 nitrogen and oxygen atoms in total. The van der Waals surface area contributed by atoms with E-state index in [9.17, 15) is 4.79 Å². The molecule has 0 spiro atoms. The molecule has 2 rings (SSSR count). The zero-order valence-electron chi connectivity index (χ0n) is 11.2. The number of ether oxygens (including phenoxy) is 1. The molecule has 0 aliphatic carbocycles. The Bertz CT molecular complexity index is 593. The van der Waals surface area contributed by atoms with Crippen LogP contribution in [0.4, 0.5) is 5.13 Å². The third-order valence-electron chi connectivity index (χ3n) is 2.57. The fraction of sp³-hybridized carbons (Fsp3) is 0.286. The number of hydrogen-bond acceptors (Lipinski definition) is 4. The standard InChI is InChI=1S/C14H16N2O2S/c1-9-4-5-10(2)12(6-9)18-8-13(17)16-14-15-7-11(3)19-14/h4-7H,8H2,1-3H3,(H,15,16,17). The van der Waals surface area contributed by atoms with Crippen molar-refractivity contribution in [3.8, 4) is 5.75 Å². The minimum Gasteiger partial charge on any atom is -0.483 e. The molecule has 0 bridgehead atoms. The highest BCUT2D eigenvalue weighted by Crippen LogP contribution is 2.19. The van der Waals surface area contributed by atoms with Gasteiger partial charge < -0.3 is 4.74 Å². The Balaban J connectivity index is 1.91. The lowest BCUT2D eigenvalue weighted by Gasteiger charge is -2.09. The minimum absolute atomic E-state index is 0.0110. The first-order valence-corrected chi connectivity index (χ1v) is 6.78. The number of benzene rings is 1. The third-order valence-corrected chi connectivity index (χ3v) is 3.40. The van der Waals surface area contributed by atoms with Crippen molar-refractivity contribution in [3.05, 3.63) is 40.4 Å². The number of hydrogen-bond donors (Lipinski definition) is 1. The SMILES string of the molecule is Cc1ccc(C)c(OCC(=O)Nc2ncc(C)s2)c1. The van der Waals surface area contributed by atoms with Gasteiger partial charge in [-0.1, -0.05) is 12.1 Å². The van der Waals surface area contributed by atoms with Crippen molar-refractivity contribution >= 4 is 22.4 Å². The van der Waals surface area contributed by atoms with Crippen molar-refractivity contribution in [3.63, 3.8) is 0 Å². The number of rotatable bonds is 4. The summed E-state index contributed by atoms with van der Waals surface area (Å²) in [6.07, 6.45) is 1.73. The van der Waals surface area contributed by atoms with E-state index in [1.165, 1.54) is 11.3 Å². The smallest absolute Gasteiger partial charge is 0.264 e. The van der Waals surface area contributed by atoms with Crippen molar-refractivity contribution in [1.29, 1.82) is 0 Å². The Morgan fingerprint density at radius 1 is 1.37 bits per heavy atom. The average molecular weight is 276 g/mol. The number of nitrogens with zero attached hydrogens (tertiary/aromatic N) is 1. The van der Waals surface area contributed by atoms with Crippen LogP contribution in [0.25, 0.3) is 0 Å². The number of aryl methyl sites for hydroxylation is 3. The summed E-state index contributed by atoms with van der Waals surface area (Å²) in [5.41, 5.74) is 2.13. The molecule has 2 aromatic rings. The summed E-state index contributed by atoms with van der Waals surface area (Å²) >= 11 is 1.44. The van der Waals surface area contributed by atoms with Crippen LogP contribution in [0.15, 0.2) is 24.4 Å². The molecule has 1 aromatic heterocycles. The van der Waals surface area contributed by atoms with Gasteiger partial charge in [0.1, 0.15) is 5.75 Å². The summed E-state index contributed by atoms with van der Waals surface area (Å²) in [6.45, 7) is 5.88. The maximum absolute atomic E-state index is 11.7. The zero-order chi connectivity index (χ0) is 13.8. The Labute approximate surface area is 116 Å². The second kappa shape index (κ2) is 5.84. The van der Waals surface area contributed by atoms with Gasteiger partial charge in [0.15, 0.2) is 11.7 Å². The van der Waals surface area contributed by atoms with Crippen molar-refractivity contribution in [2.24, 2.45) is 0 Å². The van der Waals surface area contributed by atoms with Gasteiger partial charge in [-0.05, 0) is 38.0 Å². The van der Waals surface area contributed by atoms with Crippen molar-refractivity contribution in [2.45, 2.75) is 20.8 Å². The highest BCUT2D eigenvalue weighted by molar-refractivity contribution is 7.15. The molecule has 1 N–H and O–H groups in total. The highest BCUT2D eigenvalue weighted by atomic mass is 32.1. The second-order valence-corrected chi connectivity index (χ2v) is 5.62. The number of carbonyl (C=O) groups is 1. The van der Waals surface area contributed by atoms with E-state index in [2.05, 4.69) is 10.3 Å². The zero-order valence-corrected chi connectivity index (χ0v) is 12.0. The molecule has 1 amide bonds. The van der Waals surface area contributed by atoms with Crippen LogP contribution < -0.4 is 10.1 Å². The molecule has 0 atom stereocenters. The molecule has 0 fully saturated rings. The minimum atomic E-state index is -0.199. The summed E-state index contributed by atoms with van der Waals surface area (Å²) < 4.78 is 5.52. The molecule has 1 heterocycles. The number of anilines is 1. The van der Waals surface area contributed by atoms with Gasteiger partial charge in [-0.15, -0.1) is 11.3 Å². The van der Waals surface area contributed by atoms with Gasteiger partial charge >= 0.3 is 0 Å². The Morgan fingerprint density at radius 3 is 2.84 bits per heavy atom. The van der Waals surface area contributed by atoms with Crippen LogP contribution in [0.3, 0.4) is 0 Å². The Hall–Kier alpha value is -1.88. The first-order valence-electron chi connectivity index (χ1n) is 5.97. The third kappa shape index (κ3) is 3.79. The van der Waals surface area contributed by atoms with Crippen molar-refractivity contribution in [1.82, 2.24) is 4.98 Å². The second-order valence-electron chi connectivity index (χ2n) is 4.38. The van der Waals surface area contributed by atoms with Crippen LogP contribution in [0.2, 0.25) is 0 Å². The van der Waals surface area contributed by atoms with Gasteiger partial charge in [-0.25, -0.2) is 4.98 Å². The lowest BCUT2D eigenvalue weighted by Crippen LogP contribution is -2.20. The van der Waals surface area contributed by atoms with Gasteiger partial charge in [0.2, 0.25) is 0 Å². The highest BCUT2D eigenvalue weighted by Gasteiger charge is 2.07. The van der Waals surface area contributed by atoms with Crippen LogP contribution in [0, 0.1) is 20.8 Å². The van der Waals surface area contributed by atoms with Gasteiger partial charge in [0, 0.05) is 11.1 Å². The average Bonchev–Trinajstić information content (AvgIpc) is 2.76. The van der Waals surface area contributed by atoms with E-state index < -0.39 is 0 Å². The molecule has 0 radical (unpaired) electrons. The van der Waals surface area contributed by atoms with E-state index in [0.717, 1.165) is 21.8 Å². The molecule has 1 aromatic carbocycles. The summed E-state index contributed by atoms with van der Waals surface area (Å²) in [5, 5.41) is 3.31. The van der Waals surface area contributed by atoms with E-state index in [4.69, 9.17) is 4.74 Å². The number of aromatic nitrogens is 1. The quantitative estimate of drug-likeness (QED) is 0.933. The summed E-state index contributed by atoms with van der Waals surface area (Å²) in [6, 6.07) is 5.92. The number of nitrogens with one attached hydrogen (secondary N) is 1. The molecule has 0 saturated carbocycles. The van der Waals surface area contributed by atoms with Crippen molar-refractivity contribution < 1.29 is 9.53 Å². The predicted molar refractivity (Wildman–Crippen MR) is 76.9 cm³/mol. The number of carbonyl (C=O) groups excluding carboxylic acids is 1. The fourth-order valence-electron chi connectivity index (χ4n) is 1.57. The van der Waals surface area contributed by atoms with Crippen molar-refractivity contribution in [2.75, 3.05) is 11.9 Å². The normalized spacial score (nSPS) is 10.3. The molecule has 100 valence electrons. The summed E-state index contributed by atoms with van der Waals surface area (Å²) in [5.74, 6) is 0.542. The van der Waals surface area contributed by atoms with Crippen LogP contribution in [0.5, 0.6) is 5.75 Å².